The summed E-state index contributed by atoms with van der Waals surface area (Å²) in [6.45, 7) is 13.4. The van der Waals surface area contributed by atoms with Gasteiger partial charge in [-0.15, -0.1) is 0 Å². The zero-order valence-corrected chi connectivity index (χ0v) is 12.0. The fourth-order valence-electron chi connectivity index (χ4n) is 1.05. The van der Waals surface area contributed by atoms with E-state index in [-0.39, 0.29) is 6.29 Å². The van der Waals surface area contributed by atoms with Crippen molar-refractivity contribution < 1.29 is 9.47 Å². The van der Waals surface area contributed by atoms with Crippen LogP contribution in [0.1, 0.15) is 41.5 Å². The predicted octanol–water partition coefficient (Wildman–Crippen LogP) is 4.24. The van der Waals surface area contributed by atoms with Gasteiger partial charge in [0.25, 0.3) is 0 Å². The van der Waals surface area contributed by atoms with E-state index < -0.39 is 0 Å². The van der Waals surface area contributed by atoms with Crippen LogP contribution < -0.4 is 0 Å². The van der Waals surface area contributed by atoms with Crippen LogP contribution in [0.15, 0.2) is 34.9 Å². The minimum absolute atomic E-state index is 0.244. The second-order valence-corrected chi connectivity index (χ2v) is 4.59. The standard InChI is InChI=1S/C15H26O2/c1-7-14(6)15(16-10-8-12(2)3)17-11-9-13(4)5/h7-9,15H,10-11H2,1-6H3. The first-order chi connectivity index (χ1) is 7.97. The number of rotatable bonds is 7. The summed E-state index contributed by atoms with van der Waals surface area (Å²) in [5, 5.41) is 0. The maximum absolute atomic E-state index is 5.69. The molecule has 0 rings (SSSR count). The molecular formula is C15H26O2. The summed E-state index contributed by atoms with van der Waals surface area (Å²) in [5.74, 6) is 0. The smallest absolute Gasteiger partial charge is 0.180 e. The monoisotopic (exact) mass is 238 g/mol. The van der Waals surface area contributed by atoms with Gasteiger partial charge in [0.1, 0.15) is 0 Å². The highest BCUT2D eigenvalue weighted by Gasteiger charge is 2.09. The summed E-state index contributed by atoms with van der Waals surface area (Å²) in [7, 11) is 0. The third-order valence-corrected chi connectivity index (χ3v) is 2.31. The van der Waals surface area contributed by atoms with Crippen molar-refractivity contribution in [3.63, 3.8) is 0 Å². The largest absolute Gasteiger partial charge is 0.345 e. The van der Waals surface area contributed by atoms with E-state index in [4.69, 9.17) is 9.47 Å². The van der Waals surface area contributed by atoms with Crippen molar-refractivity contribution in [1.29, 1.82) is 0 Å². The highest BCUT2D eigenvalue weighted by atomic mass is 16.7. The summed E-state index contributed by atoms with van der Waals surface area (Å²) in [6.07, 6.45) is 5.89. The van der Waals surface area contributed by atoms with Crippen LogP contribution >= 0.6 is 0 Å². The van der Waals surface area contributed by atoms with Gasteiger partial charge in [-0.2, -0.15) is 0 Å². The van der Waals surface area contributed by atoms with Gasteiger partial charge in [0.05, 0.1) is 13.2 Å². The van der Waals surface area contributed by atoms with Gasteiger partial charge in [0.2, 0.25) is 0 Å². The number of hydrogen-bond acceptors (Lipinski definition) is 2. The van der Waals surface area contributed by atoms with Crippen molar-refractivity contribution >= 4 is 0 Å². The Morgan fingerprint density at radius 1 is 0.882 bits per heavy atom. The van der Waals surface area contributed by atoms with Gasteiger partial charge in [-0.05, 0) is 47.1 Å². The van der Waals surface area contributed by atoms with Crippen molar-refractivity contribution in [2.45, 2.75) is 47.8 Å². The fourth-order valence-corrected chi connectivity index (χ4v) is 1.05. The SMILES string of the molecule is CC=C(C)C(OCC=C(C)C)OCC=C(C)C. The first-order valence-electron chi connectivity index (χ1n) is 6.10. The lowest BCUT2D eigenvalue weighted by molar-refractivity contribution is -0.101. The van der Waals surface area contributed by atoms with Gasteiger partial charge in [0.15, 0.2) is 6.29 Å². The van der Waals surface area contributed by atoms with Gasteiger partial charge in [-0.25, -0.2) is 0 Å². The molecule has 0 heterocycles. The molecule has 0 amide bonds. The average molecular weight is 238 g/mol. The first-order valence-corrected chi connectivity index (χ1v) is 6.10. The van der Waals surface area contributed by atoms with Crippen molar-refractivity contribution in [3.8, 4) is 0 Å². The van der Waals surface area contributed by atoms with Crippen LogP contribution in [0.2, 0.25) is 0 Å². The quantitative estimate of drug-likeness (QED) is 0.488. The highest BCUT2D eigenvalue weighted by Crippen LogP contribution is 2.09. The molecule has 0 fully saturated rings. The van der Waals surface area contributed by atoms with Gasteiger partial charge >= 0.3 is 0 Å². The zero-order chi connectivity index (χ0) is 13.3. The first kappa shape index (κ1) is 16.1. The van der Waals surface area contributed by atoms with E-state index in [0.29, 0.717) is 13.2 Å². The Kier molecular flexibility index (Phi) is 8.73. The van der Waals surface area contributed by atoms with E-state index in [1.165, 1.54) is 11.1 Å². The molecule has 0 saturated heterocycles. The van der Waals surface area contributed by atoms with E-state index in [9.17, 15) is 0 Å². The summed E-state index contributed by atoms with van der Waals surface area (Å²) < 4.78 is 11.4. The maximum Gasteiger partial charge on any atom is 0.180 e. The lowest BCUT2D eigenvalue weighted by Crippen LogP contribution is -2.19. The normalized spacial score (nSPS) is 11.6. The van der Waals surface area contributed by atoms with Gasteiger partial charge in [-0.1, -0.05) is 29.4 Å². The van der Waals surface area contributed by atoms with E-state index in [0.717, 1.165) is 5.57 Å². The molecule has 0 unspecified atom stereocenters. The molecular weight excluding hydrogens is 212 g/mol. The van der Waals surface area contributed by atoms with Crippen molar-refractivity contribution in [2.75, 3.05) is 13.2 Å². The number of allylic oxidation sites excluding steroid dienone is 3. The highest BCUT2D eigenvalue weighted by molar-refractivity contribution is 5.01. The molecule has 0 aromatic heterocycles. The van der Waals surface area contributed by atoms with Gasteiger partial charge < -0.3 is 9.47 Å². The maximum atomic E-state index is 5.69. The minimum atomic E-state index is -0.244. The van der Waals surface area contributed by atoms with Crippen LogP contribution in [0.25, 0.3) is 0 Å². The topological polar surface area (TPSA) is 18.5 Å². The van der Waals surface area contributed by atoms with Crippen LogP contribution in [0.3, 0.4) is 0 Å². The molecule has 0 aliphatic heterocycles. The molecule has 0 aromatic carbocycles. The lowest BCUT2D eigenvalue weighted by atomic mass is 10.3. The predicted molar refractivity (Wildman–Crippen MR) is 74.0 cm³/mol. The fraction of sp³-hybridized carbons (Fsp3) is 0.600. The Labute approximate surface area is 106 Å². The molecule has 0 bridgehead atoms. The summed E-state index contributed by atoms with van der Waals surface area (Å²) in [4.78, 5) is 0. The van der Waals surface area contributed by atoms with Crippen LogP contribution in [0.4, 0.5) is 0 Å². The van der Waals surface area contributed by atoms with E-state index in [1.54, 1.807) is 0 Å². The van der Waals surface area contributed by atoms with Crippen LogP contribution in [0, 0.1) is 0 Å². The van der Waals surface area contributed by atoms with E-state index in [2.05, 4.69) is 39.8 Å². The third kappa shape index (κ3) is 8.90. The molecule has 17 heavy (non-hydrogen) atoms. The van der Waals surface area contributed by atoms with Crippen molar-refractivity contribution in [3.05, 3.63) is 34.9 Å². The van der Waals surface area contributed by atoms with Crippen LogP contribution in [-0.2, 0) is 9.47 Å². The van der Waals surface area contributed by atoms with Crippen LogP contribution in [-0.4, -0.2) is 19.5 Å². The molecule has 0 spiro atoms. The molecule has 0 aromatic rings. The Morgan fingerprint density at radius 2 is 1.29 bits per heavy atom. The Balaban J connectivity index is 4.25. The van der Waals surface area contributed by atoms with Gasteiger partial charge in [0, 0.05) is 0 Å². The molecule has 0 aliphatic rings. The van der Waals surface area contributed by atoms with Crippen molar-refractivity contribution in [2.24, 2.45) is 0 Å². The Morgan fingerprint density at radius 3 is 1.59 bits per heavy atom. The molecule has 0 saturated carbocycles. The van der Waals surface area contributed by atoms with Crippen molar-refractivity contribution in [1.82, 2.24) is 0 Å². The number of ether oxygens (including phenoxy) is 2. The van der Waals surface area contributed by atoms with E-state index >= 15 is 0 Å². The summed E-state index contributed by atoms with van der Waals surface area (Å²) in [5.41, 5.74) is 3.62. The molecule has 0 N–H and O–H groups in total. The molecule has 98 valence electrons. The molecule has 0 atom stereocenters. The molecule has 0 radical (unpaired) electrons. The zero-order valence-electron chi connectivity index (χ0n) is 12.0. The van der Waals surface area contributed by atoms with E-state index in [1.807, 2.05) is 19.9 Å². The average Bonchev–Trinajstić information content (AvgIpc) is 2.25. The molecule has 2 nitrogen and oxygen atoms in total. The summed E-state index contributed by atoms with van der Waals surface area (Å²) in [6, 6.07) is 0. The number of hydrogen-bond donors (Lipinski definition) is 0. The third-order valence-electron chi connectivity index (χ3n) is 2.31. The second-order valence-electron chi connectivity index (χ2n) is 4.59. The summed E-state index contributed by atoms with van der Waals surface area (Å²) >= 11 is 0. The lowest BCUT2D eigenvalue weighted by Gasteiger charge is -2.18. The molecule has 0 aliphatic carbocycles. The van der Waals surface area contributed by atoms with Gasteiger partial charge in [-0.3, -0.25) is 0 Å². The molecule has 2 heteroatoms. The Bertz CT molecular complexity index is 268. The Hall–Kier alpha value is -0.860. The van der Waals surface area contributed by atoms with Crippen LogP contribution in [0.5, 0.6) is 0 Å². The second kappa shape index (κ2) is 9.20. The minimum Gasteiger partial charge on any atom is -0.345 e.